The zero-order valence-corrected chi connectivity index (χ0v) is 18.8. The molecule has 0 N–H and O–H groups in total. The third-order valence-electron chi connectivity index (χ3n) is 4.57. The molecule has 1 heterocycles. The summed E-state index contributed by atoms with van der Waals surface area (Å²) in [5.74, 6) is 0.00439. The fraction of sp³-hybridized carbons (Fsp3) is 0.0435. The number of thioether (sulfide) groups is 1. The van der Waals surface area contributed by atoms with Crippen molar-refractivity contribution < 1.29 is 17.4 Å². The lowest BCUT2D eigenvalue weighted by atomic mass is 10.1. The highest BCUT2D eigenvalue weighted by Gasteiger charge is 2.33. The molecule has 156 valence electrons. The van der Waals surface area contributed by atoms with Crippen LogP contribution in [0, 0.1) is 6.92 Å². The van der Waals surface area contributed by atoms with Crippen LogP contribution in [0.1, 0.15) is 11.1 Å². The number of hydrogen-bond donors (Lipinski definition) is 0. The Labute approximate surface area is 190 Å². The highest BCUT2D eigenvalue weighted by molar-refractivity contribution is 8.27. The zero-order chi connectivity index (χ0) is 22.0. The largest absolute Gasteiger partial charge is 0.379 e. The van der Waals surface area contributed by atoms with Crippen LogP contribution in [0.25, 0.3) is 6.08 Å². The molecule has 31 heavy (non-hydrogen) atoms. The molecule has 1 aliphatic heterocycles. The number of nitrogens with zero attached hydrogens (tertiary/aromatic N) is 1. The van der Waals surface area contributed by atoms with Crippen LogP contribution in [-0.4, -0.2) is 18.6 Å². The van der Waals surface area contributed by atoms with Crippen molar-refractivity contribution in [1.29, 1.82) is 0 Å². The van der Waals surface area contributed by atoms with Crippen LogP contribution in [-0.2, 0) is 14.9 Å². The summed E-state index contributed by atoms with van der Waals surface area (Å²) >= 11 is 6.65. The van der Waals surface area contributed by atoms with Gasteiger partial charge in [0.15, 0.2) is 4.32 Å². The van der Waals surface area contributed by atoms with E-state index in [2.05, 4.69) is 0 Å². The van der Waals surface area contributed by atoms with Gasteiger partial charge in [-0.3, -0.25) is 9.69 Å². The fourth-order valence-corrected chi connectivity index (χ4v) is 5.26. The molecule has 0 unspecified atom stereocenters. The van der Waals surface area contributed by atoms with Gasteiger partial charge in [0.05, 0.1) is 10.6 Å². The first-order valence-corrected chi connectivity index (χ1v) is 11.9. The Morgan fingerprint density at radius 2 is 1.58 bits per heavy atom. The Hall–Kier alpha value is -2.94. The maximum atomic E-state index is 12.9. The second kappa shape index (κ2) is 8.66. The molecule has 3 aromatic rings. The van der Waals surface area contributed by atoms with E-state index in [1.807, 2.05) is 31.2 Å². The SMILES string of the molecule is Cc1ccccc1N1C(=O)/C(=C/c2ccc(OS(=O)(=O)c3ccccc3)cc2)SC1=S. The summed E-state index contributed by atoms with van der Waals surface area (Å²) in [6.07, 6.45) is 1.73. The first kappa shape index (κ1) is 21.3. The fourth-order valence-electron chi connectivity index (χ4n) is 3.02. The predicted molar refractivity (Wildman–Crippen MR) is 128 cm³/mol. The molecule has 5 nitrogen and oxygen atoms in total. The summed E-state index contributed by atoms with van der Waals surface area (Å²) in [7, 11) is -3.90. The Morgan fingerprint density at radius 1 is 0.935 bits per heavy atom. The molecule has 1 amide bonds. The summed E-state index contributed by atoms with van der Waals surface area (Å²) in [5.41, 5.74) is 2.46. The normalized spacial score (nSPS) is 15.5. The highest BCUT2D eigenvalue weighted by atomic mass is 32.2. The number of hydrogen-bond acceptors (Lipinski definition) is 6. The third-order valence-corrected chi connectivity index (χ3v) is 7.13. The van der Waals surface area contributed by atoms with Crippen LogP contribution >= 0.6 is 24.0 Å². The van der Waals surface area contributed by atoms with Gasteiger partial charge in [0.1, 0.15) is 10.6 Å². The Morgan fingerprint density at radius 3 is 2.26 bits per heavy atom. The molecule has 1 saturated heterocycles. The zero-order valence-electron chi connectivity index (χ0n) is 16.4. The molecule has 0 radical (unpaired) electrons. The van der Waals surface area contributed by atoms with E-state index in [9.17, 15) is 13.2 Å². The van der Waals surface area contributed by atoms with Gasteiger partial charge in [-0.1, -0.05) is 72.5 Å². The molecule has 0 aliphatic carbocycles. The number of aryl methyl sites for hydroxylation is 1. The Balaban J connectivity index is 1.53. The van der Waals surface area contributed by atoms with E-state index in [1.54, 1.807) is 48.5 Å². The highest BCUT2D eigenvalue weighted by Crippen LogP contribution is 2.37. The van der Waals surface area contributed by atoms with Crippen LogP contribution < -0.4 is 9.08 Å². The molecule has 1 aliphatic rings. The smallest absolute Gasteiger partial charge is 0.339 e. The molecular weight excluding hydrogens is 450 g/mol. The second-order valence-corrected chi connectivity index (χ2v) is 9.95. The van der Waals surface area contributed by atoms with Gasteiger partial charge >= 0.3 is 10.1 Å². The lowest BCUT2D eigenvalue weighted by Gasteiger charge is -2.16. The quantitative estimate of drug-likeness (QED) is 0.293. The second-order valence-electron chi connectivity index (χ2n) is 6.72. The number of thiocarbonyl (C=S) groups is 1. The van der Waals surface area contributed by atoms with Gasteiger partial charge in [-0.05, 0) is 54.5 Å². The number of carbonyl (C=O) groups excluding carboxylic acids is 1. The van der Waals surface area contributed by atoms with E-state index in [4.69, 9.17) is 16.4 Å². The number of carbonyl (C=O) groups is 1. The van der Waals surface area contributed by atoms with E-state index in [0.29, 0.717) is 9.23 Å². The summed E-state index contributed by atoms with van der Waals surface area (Å²) in [6, 6.07) is 22.0. The monoisotopic (exact) mass is 467 g/mol. The standard InChI is InChI=1S/C23H17NO4S3/c1-16-7-5-6-10-20(16)24-22(25)21(30-23(24)29)15-17-11-13-18(14-12-17)28-31(26,27)19-8-3-2-4-9-19/h2-15H,1H3/b21-15-. The molecule has 8 heteroatoms. The topological polar surface area (TPSA) is 63.7 Å². The molecule has 1 fully saturated rings. The van der Waals surface area contributed by atoms with Crippen molar-refractivity contribution in [3.05, 3.63) is 94.9 Å². The summed E-state index contributed by atoms with van der Waals surface area (Å²) < 4.78 is 30.3. The minimum atomic E-state index is -3.90. The molecule has 0 spiro atoms. The molecule has 0 atom stereocenters. The van der Waals surface area contributed by atoms with E-state index in [-0.39, 0.29) is 16.6 Å². The average molecular weight is 468 g/mol. The van der Waals surface area contributed by atoms with E-state index >= 15 is 0 Å². The van der Waals surface area contributed by atoms with Gasteiger partial charge < -0.3 is 4.18 Å². The number of rotatable bonds is 5. The Kier molecular flexibility index (Phi) is 5.95. The van der Waals surface area contributed by atoms with Crippen molar-refractivity contribution in [2.24, 2.45) is 0 Å². The van der Waals surface area contributed by atoms with E-state index in [0.717, 1.165) is 16.8 Å². The average Bonchev–Trinajstić information content (AvgIpc) is 3.03. The number of para-hydroxylation sites is 1. The number of benzene rings is 3. The van der Waals surface area contributed by atoms with Crippen LogP contribution in [0.5, 0.6) is 5.75 Å². The van der Waals surface area contributed by atoms with Gasteiger partial charge in [-0.2, -0.15) is 8.42 Å². The minimum Gasteiger partial charge on any atom is -0.379 e. The maximum Gasteiger partial charge on any atom is 0.339 e. The first-order chi connectivity index (χ1) is 14.8. The lowest BCUT2D eigenvalue weighted by Crippen LogP contribution is -2.28. The van der Waals surface area contributed by atoms with Crippen molar-refractivity contribution in [2.75, 3.05) is 4.90 Å². The molecule has 0 aromatic heterocycles. The molecular formula is C23H17NO4S3. The first-order valence-electron chi connectivity index (χ1n) is 9.28. The van der Waals surface area contributed by atoms with Crippen LogP contribution in [0.15, 0.2) is 88.7 Å². The van der Waals surface area contributed by atoms with Gasteiger partial charge in [0.2, 0.25) is 0 Å². The number of anilines is 1. The van der Waals surface area contributed by atoms with Gasteiger partial charge in [-0.25, -0.2) is 0 Å². The molecule has 0 saturated carbocycles. The lowest BCUT2D eigenvalue weighted by molar-refractivity contribution is -0.113. The van der Waals surface area contributed by atoms with E-state index < -0.39 is 10.1 Å². The minimum absolute atomic E-state index is 0.0824. The summed E-state index contributed by atoms with van der Waals surface area (Å²) in [5, 5.41) is 0. The predicted octanol–water partition coefficient (Wildman–Crippen LogP) is 5.17. The molecule has 3 aromatic carbocycles. The van der Waals surface area contributed by atoms with Crippen LogP contribution in [0.2, 0.25) is 0 Å². The third kappa shape index (κ3) is 4.56. The van der Waals surface area contributed by atoms with Gasteiger partial charge in [-0.15, -0.1) is 0 Å². The number of amides is 1. The van der Waals surface area contributed by atoms with Crippen LogP contribution in [0.4, 0.5) is 5.69 Å². The van der Waals surface area contributed by atoms with Crippen molar-refractivity contribution in [3.8, 4) is 5.75 Å². The summed E-state index contributed by atoms with van der Waals surface area (Å²) in [4.78, 5) is 15.0. The molecule has 0 bridgehead atoms. The van der Waals surface area contributed by atoms with Crippen molar-refractivity contribution in [2.45, 2.75) is 11.8 Å². The van der Waals surface area contributed by atoms with Crippen molar-refractivity contribution in [1.82, 2.24) is 0 Å². The van der Waals surface area contributed by atoms with Crippen LogP contribution in [0.3, 0.4) is 0 Å². The van der Waals surface area contributed by atoms with Gasteiger partial charge in [0, 0.05) is 0 Å². The summed E-state index contributed by atoms with van der Waals surface area (Å²) in [6.45, 7) is 1.93. The maximum absolute atomic E-state index is 12.9. The van der Waals surface area contributed by atoms with E-state index in [1.165, 1.54) is 28.8 Å². The Bertz CT molecular complexity index is 1280. The van der Waals surface area contributed by atoms with Crippen molar-refractivity contribution >= 4 is 56.1 Å². The van der Waals surface area contributed by atoms with Gasteiger partial charge in [0.25, 0.3) is 5.91 Å². The van der Waals surface area contributed by atoms with Crippen molar-refractivity contribution in [3.63, 3.8) is 0 Å². The molecule has 4 rings (SSSR count).